The van der Waals surface area contributed by atoms with Crippen molar-refractivity contribution in [2.24, 2.45) is 0 Å². The summed E-state index contributed by atoms with van der Waals surface area (Å²) in [5, 5.41) is 11.5. The molecule has 7 heteroatoms. The molecule has 0 aliphatic rings. The van der Waals surface area contributed by atoms with E-state index in [0.29, 0.717) is 11.3 Å². The Balaban J connectivity index is 1.83. The first-order chi connectivity index (χ1) is 12.5. The van der Waals surface area contributed by atoms with Crippen molar-refractivity contribution in [2.45, 2.75) is 6.54 Å². The summed E-state index contributed by atoms with van der Waals surface area (Å²) in [7, 11) is 0. The number of rotatable bonds is 5. The average molecular weight is 349 g/mol. The van der Waals surface area contributed by atoms with Crippen molar-refractivity contribution in [1.29, 1.82) is 0 Å². The van der Waals surface area contributed by atoms with E-state index in [-0.39, 0.29) is 5.91 Å². The van der Waals surface area contributed by atoms with E-state index < -0.39 is 18.1 Å². The number of amides is 1. The van der Waals surface area contributed by atoms with E-state index in [4.69, 9.17) is 5.11 Å². The molecule has 0 unspecified atom stereocenters. The van der Waals surface area contributed by atoms with Crippen molar-refractivity contribution in [1.82, 2.24) is 9.55 Å². The van der Waals surface area contributed by atoms with Gasteiger partial charge >= 0.3 is 5.97 Å². The third-order valence-electron chi connectivity index (χ3n) is 3.63. The highest BCUT2D eigenvalue weighted by molar-refractivity contribution is 6.04. The Kier molecular flexibility index (Phi) is 4.89. The molecule has 0 bridgehead atoms. The van der Waals surface area contributed by atoms with Gasteiger partial charge in [-0.1, -0.05) is 18.2 Å². The van der Waals surface area contributed by atoms with Crippen LogP contribution in [0.4, 0.5) is 5.69 Å². The summed E-state index contributed by atoms with van der Waals surface area (Å²) in [5.74, 6) is -1.51. The Labute approximate surface area is 148 Å². The van der Waals surface area contributed by atoms with Gasteiger partial charge in [0.15, 0.2) is 0 Å². The molecular formula is C19H15N3O4. The average Bonchev–Trinajstić information content (AvgIpc) is 2.65. The number of pyridine rings is 2. The maximum atomic E-state index is 12.5. The van der Waals surface area contributed by atoms with Gasteiger partial charge in [0.1, 0.15) is 6.54 Å². The van der Waals surface area contributed by atoms with Crippen LogP contribution in [-0.4, -0.2) is 26.5 Å². The molecular weight excluding hydrogens is 334 g/mol. The van der Waals surface area contributed by atoms with Crippen molar-refractivity contribution in [3.63, 3.8) is 0 Å². The molecule has 3 rings (SSSR count). The van der Waals surface area contributed by atoms with Gasteiger partial charge in [-0.2, -0.15) is 0 Å². The number of carboxylic acid groups (broad SMARTS) is 1. The molecule has 26 heavy (non-hydrogen) atoms. The van der Waals surface area contributed by atoms with Gasteiger partial charge in [-0.05, 0) is 30.3 Å². The molecule has 3 aromatic rings. The zero-order chi connectivity index (χ0) is 18.5. The fourth-order valence-corrected chi connectivity index (χ4v) is 2.43. The van der Waals surface area contributed by atoms with Crippen LogP contribution in [-0.2, 0) is 11.3 Å². The molecule has 1 amide bonds. The fraction of sp³-hybridized carbons (Fsp3) is 0.0526. The van der Waals surface area contributed by atoms with Gasteiger partial charge in [0, 0.05) is 29.6 Å². The summed E-state index contributed by atoms with van der Waals surface area (Å²) >= 11 is 0. The summed E-state index contributed by atoms with van der Waals surface area (Å²) < 4.78 is 1.02. The third kappa shape index (κ3) is 4.02. The van der Waals surface area contributed by atoms with Crippen LogP contribution in [0.5, 0.6) is 0 Å². The molecule has 2 aromatic heterocycles. The number of nitrogens with one attached hydrogen (secondary N) is 1. The number of hydrogen-bond donors (Lipinski definition) is 2. The van der Waals surface area contributed by atoms with Crippen LogP contribution in [0.15, 0.2) is 71.8 Å². The SMILES string of the molecule is O=C(O)Cn1cc(NC(=O)c2cccc(-c3ccccn3)c2)ccc1=O. The molecule has 0 radical (unpaired) electrons. The predicted molar refractivity (Wildman–Crippen MR) is 96.0 cm³/mol. The summed E-state index contributed by atoms with van der Waals surface area (Å²) in [5.41, 5.74) is 1.84. The highest BCUT2D eigenvalue weighted by Gasteiger charge is 2.10. The van der Waals surface area contributed by atoms with Crippen molar-refractivity contribution in [3.8, 4) is 11.3 Å². The van der Waals surface area contributed by atoms with E-state index >= 15 is 0 Å². The van der Waals surface area contributed by atoms with Gasteiger partial charge in [0.2, 0.25) is 0 Å². The predicted octanol–water partition coefficient (Wildman–Crippen LogP) is 2.25. The van der Waals surface area contributed by atoms with Crippen molar-refractivity contribution >= 4 is 17.6 Å². The first-order valence-electron chi connectivity index (χ1n) is 7.78. The minimum Gasteiger partial charge on any atom is -0.480 e. The molecule has 0 atom stereocenters. The number of carbonyl (C=O) groups excluding carboxylic acids is 1. The molecule has 7 nitrogen and oxygen atoms in total. The smallest absolute Gasteiger partial charge is 0.323 e. The second kappa shape index (κ2) is 7.43. The van der Waals surface area contributed by atoms with Crippen molar-refractivity contribution in [2.75, 3.05) is 5.32 Å². The van der Waals surface area contributed by atoms with Gasteiger partial charge in [-0.3, -0.25) is 19.4 Å². The van der Waals surface area contributed by atoms with Crippen LogP contribution in [0.1, 0.15) is 10.4 Å². The monoisotopic (exact) mass is 349 g/mol. The Morgan fingerprint density at radius 1 is 1.08 bits per heavy atom. The normalized spacial score (nSPS) is 10.3. The molecule has 0 saturated carbocycles. The highest BCUT2D eigenvalue weighted by Crippen LogP contribution is 2.18. The number of anilines is 1. The third-order valence-corrected chi connectivity index (χ3v) is 3.63. The maximum Gasteiger partial charge on any atom is 0.323 e. The fourth-order valence-electron chi connectivity index (χ4n) is 2.43. The largest absolute Gasteiger partial charge is 0.480 e. The zero-order valence-electron chi connectivity index (χ0n) is 13.6. The lowest BCUT2D eigenvalue weighted by Gasteiger charge is -2.09. The van der Waals surface area contributed by atoms with E-state index in [1.165, 1.54) is 18.3 Å². The first-order valence-corrected chi connectivity index (χ1v) is 7.78. The minimum atomic E-state index is -1.14. The van der Waals surface area contributed by atoms with E-state index in [1.807, 2.05) is 24.3 Å². The molecule has 2 N–H and O–H groups in total. The van der Waals surface area contributed by atoms with Gasteiger partial charge in [-0.25, -0.2) is 0 Å². The lowest BCUT2D eigenvalue weighted by molar-refractivity contribution is -0.137. The summed E-state index contributed by atoms with van der Waals surface area (Å²) in [6, 6.07) is 15.1. The first kappa shape index (κ1) is 17.1. The molecule has 130 valence electrons. The lowest BCUT2D eigenvalue weighted by Crippen LogP contribution is -2.24. The standard InChI is InChI=1S/C19H15N3O4/c23-17-8-7-15(11-22(17)12-18(24)25)21-19(26)14-5-3-4-13(10-14)16-6-1-2-9-20-16/h1-11H,12H2,(H,21,26)(H,24,25). The highest BCUT2D eigenvalue weighted by atomic mass is 16.4. The van der Waals surface area contributed by atoms with E-state index in [9.17, 15) is 14.4 Å². The second-order valence-corrected chi connectivity index (χ2v) is 5.53. The number of aliphatic carboxylic acids is 1. The molecule has 0 spiro atoms. The van der Waals surface area contributed by atoms with Crippen LogP contribution < -0.4 is 10.9 Å². The summed E-state index contributed by atoms with van der Waals surface area (Å²) in [6.45, 7) is -0.474. The number of aromatic nitrogens is 2. The van der Waals surface area contributed by atoms with Crippen LogP contribution >= 0.6 is 0 Å². The van der Waals surface area contributed by atoms with E-state index in [2.05, 4.69) is 10.3 Å². The van der Waals surface area contributed by atoms with Gasteiger partial charge in [-0.15, -0.1) is 0 Å². The number of benzene rings is 1. The van der Waals surface area contributed by atoms with Crippen molar-refractivity contribution in [3.05, 3.63) is 82.9 Å². The van der Waals surface area contributed by atoms with Crippen LogP contribution in [0.25, 0.3) is 11.3 Å². The van der Waals surface area contributed by atoms with Gasteiger partial charge in [0.05, 0.1) is 11.4 Å². The zero-order valence-corrected chi connectivity index (χ0v) is 13.6. The molecule has 0 saturated heterocycles. The lowest BCUT2D eigenvalue weighted by atomic mass is 10.1. The van der Waals surface area contributed by atoms with Crippen LogP contribution in [0, 0.1) is 0 Å². The Morgan fingerprint density at radius 2 is 1.92 bits per heavy atom. The maximum absolute atomic E-state index is 12.5. The number of carbonyl (C=O) groups is 2. The Morgan fingerprint density at radius 3 is 2.65 bits per heavy atom. The topological polar surface area (TPSA) is 101 Å². The molecule has 0 aliphatic heterocycles. The Bertz CT molecular complexity index is 1010. The van der Waals surface area contributed by atoms with Gasteiger partial charge < -0.3 is 15.0 Å². The molecule has 2 heterocycles. The molecule has 0 aliphatic carbocycles. The number of hydrogen-bond acceptors (Lipinski definition) is 4. The van der Waals surface area contributed by atoms with Gasteiger partial charge in [0.25, 0.3) is 11.5 Å². The summed E-state index contributed by atoms with van der Waals surface area (Å²) in [6.07, 6.45) is 2.98. The van der Waals surface area contributed by atoms with E-state index in [0.717, 1.165) is 15.8 Å². The minimum absolute atomic E-state index is 0.332. The van der Waals surface area contributed by atoms with Crippen molar-refractivity contribution < 1.29 is 14.7 Å². The van der Waals surface area contributed by atoms with Crippen LogP contribution in [0.2, 0.25) is 0 Å². The second-order valence-electron chi connectivity index (χ2n) is 5.53. The van der Waals surface area contributed by atoms with Crippen LogP contribution in [0.3, 0.4) is 0 Å². The molecule has 1 aromatic carbocycles. The quantitative estimate of drug-likeness (QED) is 0.736. The Hall–Kier alpha value is -3.74. The molecule has 0 fully saturated rings. The van der Waals surface area contributed by atoms with E-state index in [1.54, 1.807) is 24.4 Å². The number of carboxylic acids is 1. The summed E-state index contributed by atoms with van der Waals surface area (Å²) in [4.78, 5) is 39.2. The number of nitrogens with zero attached hydrogens (tertiary/aromatic N) is 2.